The van der Waals surface area contributed by atoms with E-state index in [9.17, 15) is 4.79 Å². The monoisotopic (exact) mass is 367 g/mol. The SMILES string of the molecule is COc1ccc(C(=O)NC(C)c2cc(C)sc2C)cc1Br. The molecule has 3 nitrogen and oxygen atoms in total. The Hall–Kier alpha value is -1.33. The van der Waals surface area contributed by atoms with E-state index in [4.69, 9.17) is 4.74 Å². The Morgan fingerprint density at radius 1 is 1.33 bits per heavy atom. The predicted octanol–water partition coefficient (Wildman–Crippen LogP) is 4.63. The van der Waals surface area contributed by atoms with Gasteiger partial charge in [0.2, 0.25) is 0 Å². The van der Waals surface area contributed by atoms with Crippen LogP contribution >= 0.6 is 27.3 Å². The highest BCUT2D eigenvalue weighted by molar-refractivity contribution is 9.10. The number of halogens is 1. The lowest BCUT2D eigenvalue weighted by Gasteiger charge is -2.14. The number of hydrogen-bond acceptors (Lipinski definition) is 3. The maximum atomic E-state index is 12.3. The fraction of sp³-hybridized carbons (Fsp3) is 0.312. The molecule has 0 aliphatic heterocycles. The van der Waals surface area contributed by atoms with Crippen LogP contribution in [0.3, 0.4) is 0 Å². The molecule has 21 heavy (non-hydrogen) atoms. The molecule has 0 bridgehead atoms. The Labute approximate surface area is 137 Å². The number of rotatable bonds is 4. The van der Waals surface area contributed by atoms with E-state index in [1.807, 2.05) is 6.92 Å². The first-order chi connectivity index (χ1) is 9.92. The number of hydrogen-bond donors (Lipinski definition) is 1. The maximum absolute atomic E-state index is 12.3. The van der Waals surface area contributed by atoms with Gasteiger partial charge in [0.25, 0.3) is 5.91 Å². The molecule has 1 heterocycles. The zero-order valence-corrected chi connectivity index (χ0v) is 14.9. The summed E-state index contributed by atoms with van der Waals surface area (Å²) in [4.78, 5) is 14.8. The van der Waals surface area contributed by atoms with Crippen molar-refractivity contribution in [1.82, 2.24) is 5.32 Å². The van der Waals surface area contributed by atoms with E-state index < -0.39 is 0 Å². The molecule has 112 valence electrons. The minimum atomic E-state index is -0.0888. The zero-order chi connectivity index (χ0) is 15.6. The summed E-state index contributed by atoms with van der Waals surface area (Å²) < 4.78 is 5.94. The lowest BCUT2D eigenvalue weighted by atomic mass is 10.1. The molecule has 0 aliphatic carbocycles. The first kappa shape index (κ1) is 16.0. The summed E-state index contributed by atoms with van der Waals surface area (Å²) in [5, 5.41) is 3.04. The molecule has 1 aromatic carbocycles. The molecule has 2 rings (SSSR count). The van der Waals surface area contributed by atoms with Gasteiger partial charge in [-0.05, 0) is 66.5 Å². The van der Waals surface area contributed by atoms with Crippen molar-refractivity contribution in [3.63, 3.8) is 0 Å². The van der Waals surface area contributed by atoms with E-state index in [1.165, 1.54) is 15.3 Å². The van der Waals surface area contributed by atoms with Gasteiger partial charge >= 0.3 is 0 Å². The fourth-order valence-corrected chi connectivity index (χ4v) is 3.81. The van der Waals surface area contributed by atoms with Crippen LogP contribution in [0.2, 0.25) is 0 Å². The number of ether oxygens (including phenoxy) is 1. The van der Waals surface area contributed by atoms with Gasteiger partial charge in [0.05, 0.1) is 17.6 Å². The maximum Gasteiger partial charge on any atom is 0.251 e. The third kappa shape index (κ3) is 3.66. The number of carbonyl (C=O) groups is 1. The smallest absolute Gasteiger partial charge is 0.251 e. The van der Waals surface area contributed by atoms with Crippen LogP contribution in [0.5, 0.6) is 5.75 Å². The van der Waals surface area contributed by atoms with E-state index in [-0.39, 0.29) is 11.9 Å². The zero-order valence-electron chi connectivity index (χ0n) is 12.5. The second-order valence-electron chi connectivity index (χ2n) is 4.91. The summed E-state index contributed by atoms with van der Waals surface area (Å²) >= 11 is 5.15. The highest BCUT2D eigenvalue weighted by Crippen LogP contribution is 2.28. The third-order valence-electron chi connectivity index (χ3n) is 3.31. The van der Waals surface area contributed by atoms with Crippen molar-refractivity contribution in [2.75, 3.05) is 7.11 Å². The normalized spacial score (nSPS) is 12.0. The summed E-state index contributed by atoms with van der Waals surface area (Å²) in [5.74, 6) is 0.623. The Kier molecular flexibility index (Phi) is 5.06. The van der Waals surface area contributed by atoms with Crippen molar-refractivity contribution in [3.05, 3.63) is 49.6 Å². The molecule has 0 saturated heterocycles. The summed E-state index contributed by atoms with van der Waals surface area (Å²) in [6.07, 6.45) is 0. The van der Waals surface area contributed by atoms with Crippen LogP contribution in [-0.2, 0) is 0 Å². The predicted molar refractivity (Wildman–Crippen MR) is 90.4 cm³/mol. The molecule has 1 N–H and O–H groups in total. The van der Waals surface area contributed by atoms with E-state index in [2.05, 4.69) is 41.2 Å². The molecule has 1 amide bonds. The van der Waals surface area contributed by atoms with Crippen LogP contribution in [0.15, 0.2) is 28.7 Å². The topological polar surface area (TPSA) is 38.3 Å². The molecule has 0 spiro atoms. The van der Waals surface area contributed by atoms with Crippen LogP contribution < -0.4 is 10.1 Å². The number of nitrogens with one attached hydrogen (secondary N) is 1. The average molecular weight is 368 g/mol. The summed E-state index contributed by atoms with van der Waals surface area (Å²) in [6.45, 7) is 6.17. The van der Waals surface area contributed by atoms with Gasteiger partial charge in [-0.15, -0.1) is 11.3 Å². The summed E-state index contributed by atoms with van der Waals surface area (Å²) in [5.41, 5.74) is 1.79. The Bertz CT molecular complexity index is 666. The molecule has 1 unspecified atom stereocenters. The summed E-state index contributed by atoms with van der Waals surface area (Å²) in [7, 11) is 1.60. The van der Waals surface area contributed by atoms with E-state index >= 15 is 0 Å². The van der Waals surface area contributed by atoms with Gasteiger partial charge in [-0.3, -0.25) is 4.79 Å². The number of methoxy groups -OCH3 is 1. The van der Waals surface area contributed by atoms with Crippen LogP contribution in [0.25, 0.3) is 0 Å². The first-order valence-electron chi connectivity index (χ1n) is 6.63. The quantitative estimate of drug-likeness (QED) is 0.855. The number of thiophene rings is 1. The van der Waals surface area contributed by atoms with Crippen molar-refractivity contribution < 1.29 is 9.53 Å². The fourth-order valence-electron chi connectivity index (χ4n) is 2.25. The Morgan fingerprint density at radius 3 is 2.57 bits per heavy atom. The van der Waals surface area contributed by atoms with E-state index in [0.29, 0.717) is 11.3 Å². The van der Waals surface area contributed by atoms with Crippen LogP contribution in [0.4, 0.5) is 0 Å². The molecule has 2 aromatic rings. The minimum Gasteiger partial charge on any atom is -0.496 e. The average Bonchev–Trinajstić information content (AvgIpc) is 2.77. The van der Waals surface area contributed by atoms with Gasteiger partial charge in [0.1, 0.15) is 5.75 Å². The minimum absolute atomic E-state index is 0.0108. The van der Waals surface area contributed by atoms with Crippen molar-refractivity contribution in [3.8, 4) is 5.75 Å². The Morgan fingerprint density at radius 2 is 2.05 bits per heavy atom. The molecule has 0 aliphatic rings. The number of carbonyl (C=O) groups excluding carboxylic acids is 1. The standard InChI is InChI=1S/C16H18BrNO2S/c1-9-7-13(11(3)21-9)10(2)18-16(19)12-5-6-15(20-4)14(17)8-12/h5-8,10H,1-4H3,(H,18,19). The molecular weight excluding hydrogens is 350 g/mol. The van der Waals surface area contributed by atoms with Crippen LogP contribution in [0, 0.1) is 13.8 Å². The van der Waals surface area contributed by atoms with Gasteiger partial charge in [-0.2, -0.15) is 0 Å². The van der Waals surface area contributed by atoms with Gasteiger partial charge in [0.15, 0.2) is 0 Å². The van der Waals surface area contributed by atoms with Crippen LogP contribution in [0.1, 0.15) is 38.6 Å². The molecular formula is C16H18BrNO2S. The highest BCUT2D eigenvalue weighted by atomic mass is 79.9. The number of aryl methyl sites for hydroxylation is 2. The molecule has 5 heteroatoms. The molecule has 0 fully saturated rings. The van der Waals surface area contributed by atoms with Crippen molar-refractivity contribution in [1.29, 1.82) is 0 Å². The van der Waals surface area contributed by atoms with Crippen molar-refractivity contribution in [2.45, 2.75) is 26.8 Å². The van der Waals surface area contributed by atoms with E-state index in [1.54, 1.807) is 36.6 Å². The second kappa shape index (κ2) is 6.62. The van der Waals surface area contributed by atoms with E-state index in [0.717, 1.165) is 4.47 Å². The van der Waals surface area contributed by atoms with Gasteiger partial charge < -0.3 is 10.1 Å². The van der Waals surface area contributed by atoms with Crippen LogP contribution in [-0.4, -0.2) is 13.0 Å². The molecule has 0 radical (unpaired) electrons. The molecule has 1 atom stereocenters. The number of amides is 1. The second-order valence-corrected chi connectivity index (χ2v) is 7.23. The number of benzene rings is 1. The lowest BCUT2D eigenvalue weighted by molar-refractivity contribution is 0.0940. The molecule has 1 aromatic heterocycles. The van der Waals surface area contributed by atoms with Gasteiger partial charge in [0, 0.05) is 15.3 Å². The van der Waals surface area contributed by atoms with Crippen molar-refractivity contribution >= 4 is 33.2 Å². The highest BCUT2D eigenvalue weighted by Gasteiger charge is 2.15. The molecule has 0 saturated carbocycles. The first-order valence-corrected chi connectivity index (χ1v) is 8.24. The largest absolute Gasteiger partial charge is 0.496 e. The van der Waals surface area contributed by atoms with Gasteiger partial charge in [-0.1, -0.05) is 0 Å². The third-order valence-corrected chi connectivity index (χ3v) is 4.91. The van der Waals surface area contributed by atoms with Gasteiger partial charge in [-0.25, -0.2) is 0 Å². The summed E-state index contributed by atoms with van der Waals surface area (Å²) in [6, 6.07) is 7.44. The lowest BCUT2D eigenvalue weighted by Crippen LogP contribution is -2.26. The van der Waals surface area contributed by atoms with Crippen molar-refractivity contribution in [2.24, 2.45) is 0 Å². The Balaban J connectivity index is 2.14.